The first-order valence-corrected chi connectivity index (χ1v) is 7.34. The molecule has 6 nitrogen and oxygen atoms in total. The van der Waals surface area contributed by atoms with Gasteiger partial charge in [-0.25, -0.2) is 14.8 Å². The van der Waals surface area contributed by atoms with E-state index in [4.69, 9.17) is 16.3 Å². The van der Waals surface area contributed by atoms with Gasteiger partial charge >= 0.3 is 6.09 Å². The first-order valence-electron chi connectivity index (χ1n) is 6.96. The number of nitrogens with one attached hydrogen (secondary N) is 2. The molecule has 0 fully saturated rings. The SMILES string of the molecule is CCc1nc(Cl)c(C)c(NCCNC(=O)OC(C)(C)C)n1. The smallest absolute Gasteiger partial charge is 0.407 e. The van der Waals surface area contributed by atoms with Crippen LogP contribution in [0.15, 0.2) is 0 Å². The molecule has 0 radical (unpaired) electrons. The zero-order valence-corrected chi connectivity index (χ0v) is 14.0. The van der Waals surface area contributed by atoms with E-state index in [-0.39, 0.29) is 0 Å². The monoisotopic (exact) mass is 314 g/mol. The Bertz CT molecular complexity index is 500. The van der Waals surface area contributed by atoms with Crippen molar-refractivity contribution in [1.29, 1.82) is 0 Å². The number of hydrogen-bond acceptors (Lipinski definition) is 5. The van der Waals surface area contributed by atoms with Crippen LogP contribution in [0.4, 0.5) is 10.6 Å². The van der Waals surface area contributed by atoms with E-state index in [1.165, 1.54) is 0 Å². The lowest BCUT2D eigenvalue weighted by Gasteiger charge is -2.19. The molecule has 0 aliphatic heterocycles. The fourth-order valence-electron chi connectivity index (χ4n) is 1.52. The van der Waals surface area contributed by atoms with Crippen LogP contribution in [0.2, 0.25) is 5.15 Å². The second-order valence-electron chi connectivity index (χ2n) is 5.61. The Morgan fingerprint density at radius 1 is 1.29 bits per heavy atom. The third-order valence-corrected chi connectivity index (χ3v) is 2.90. The molecule has 0 bridgehead atoms. The highest BCUT2D eigenvalue weighted by Crippen LogP contribution is 2.19. The number of anilines is 1. The molecule has 0 aliphatic rings. The van der Waals surface area contributed by atoms with E-state index in [0.29, 0.717) is 36.3 Å². The van der Waals surface area contributed by atoms with E-state index in [0.717, 1.165) is 5.56 Å². The van der Waals surface area contributed by atoms with Crippen molar-refractivity contribution >= 4 is 23.5 Å². The molecule has 0 saturated heterocycles. The number of aromatic nitrogens is 2. The summed E-state index contributed by atoms with van der Waals surface area (Å²) in [5, 5.41) is 6.26. The minimum Gasteiger partial charge on any atom is -0.444 e. The van der Waals surface area contributed by atoms with Crippen molar-refractivity contribution in [3.8, 4) is 0 Å². The fourth-order valence-corrected chi connectivity index (χ4v) is 1.71. The standard InChI is InChI=1S/C14H23ClN4O2/c1-6-10-18-11(15)9(2)12(19-10)16-7-8-17-13(20)21-14(3,4)5/h6-8H2,1-5H3,(H,17,20)(H,16,18,19). The van der Waals surface area contributed by atoms with Crippen LogP contribution < -0.4 is 10.6 Å². The second kappa shape index (κ2) is 7.45. The number of ether oxygens (including phenoxy) is 1. The Kier molecular flexibility index (Phi) is 6.20. The normalized spacial score (nSPS) is 11.1. The highest BCUT2D eigenvalue weighted by Gasteiger charge is 2.15. The van der Waals surface area contributed by atoms with Crippen molar-refractivity contribution in [2.45, 2.75) is 46.6 Å². The molecular formula is C14H23ClN4O2. The quantitative estimate of drug-likeness (QED) is 0.645. The summed E-state index contributed by atoms with van der Waals surface area (Å²) in [6.07, 6.45) is 0.279. The van der Waals surface area contributed by atoms with Gasteiger partial charge in [0.2, 0.25) is 0 Å². The molecule has 1 aromatic rings. The van der Waals surface area contributed by atoms with Crippen LogP contribution in [0, 0.1) is 6.92 Å². The van der Waals surface area contributed by atoms with E-state index < -0.39 is 11.7 Å². The number of hydrogen-bond donors (Lipinski definition) is 2. The maximum absolute atomic E-state index is 11.5. The maximum atomic E-state index is 11.5. The number of aryl methyl sites for hydroxylation is 1. The number of amides is 1. The first-order chi connectivity index (χ1) is 9.73. The van der Waals surface area contributed by atoms with E-state index in [2.05, 4.69) is 20.6 Å². The summed E-state index contributed by atoms with van der Waals surface area (Å²) in [4.78, 5) is 20.0. The lowest BCUT2D eigenvalue weighted by molar-refractivity contribution is 0.0530. The summed E-state index contributed by atoms with van der Waals surface area (Å²) >= 11 is 6.05. The van der Waals surface area contributed by atoms with Crippen molar-refractivity contribution in [3.63, 3.8) is 0 Å². The van der Waals surface area contributed by atoms with Crippen molar-refractivity contribution < 1.29 is 9.53 Å². The van der Waals surface area contributed by atoms with Crippen molar-refractivity contribution in [3.05, 3.63) is 16.5 Å². The van der Waals surface area contributed by atoms with Gasteiger partial charge in [0.25, 0.3) is 0 Å². The predicted molar refractivity (Wildman–Crippen MR) is 83.9 cm³/mol. The molecule has 0 aromatic carbocycles. The number of rotatable bonds is 5. The molecule has 0 unspecified atom stereocenters. The first kappa shape index (κ1) is 17.5. The zero-order valence-electron chi connectivity index (χ0n) is 13.2. The van der Waals surface area contributed by atoms with E-state index in [1.54, 1.807) is 0 Å². The molecule has 1 rings (SSSR count). The zero-order chi connectivity index (χ0) is 16.0. The number of alkyl carbamates (subject to hydrolysis) is 1. The molecule has 0 atom stereocenters. The van der Waals surface area contributed by atoms with Crippen LogP contribution in [0.1, 0.15) is 39.1 Å². The van der Waals surface area contributed by atoms with Gasteiger partial charge in [-0.1, -0.05) is 18.5 Å². The number of nitrogens with zero attached hydrogens (tertiary/aromatic N) is 2. The van der Waals surface area contributed by atoms with Crippen molar-refractivity contribution in [2.24, 2.45) is 0 Å². The van der Waals surface area contributed by atoms with Crippen LogP contribution in [0.5, 0.6) is 0 Å². The maximum Gasteiger partial charge on any atom is 0.407 e. The summed E-state index contributed by atoms with van der Waals surface area (Å²) in [6.45, 7) is 10.2. The molecule has 1 aromatic heterocycles. The van der Waals surface area contributed by atoms with Gasteiger partial charge in [0.05, 0.1) is 0 Å². The van der Waals surface area contributed by atoms with Crippen LogP contribution in [-0.4, -0.2) is 34.8 Å². The van der Waals surface area contributed by atoms with E-state index >= 15 is 0 Å². The second-order valence-corrected chi connectivity index (χ2v) is 5.97. The van der Waals surface area contributed by atoms with Gasteiger partial charge in [0.1, 0.15) is 22.4 Å². The van der Waals surface area contributed by atoms with E-state index in [9.17, 15) is 4.79 Å². The predicted octanol–water partition coefficient (Wildman–Crippen LogP) is 2.94. The lowest BCUT2D eigenvalue weighted by atomic mass is 10.2. The minimum absolute atomic E-state index is 0.428. The van der Waals surface area contributed by atoms with Gasteiger partial charge in [-0.15, -0.1) is 0 Å². The fraction of sp³-hybridized carbons (Fsp3) is 0.643. The average Bonchev–Trinajstić information content (AvgIpc) is 2.37. The molecule has 0 aliphatic carbocycles. The third-order valence-electron chi connectivity index (χ3n) is 2.53. The molecular weight excluding hydrogens is 292 g/mol. The average molecular weight is 315 g/mol. The highest BCUT2D eigenvalue weighted by atomic mass is 35.5. The minimum atomic E-state index is -0.496. The molecule has 21 heavy (non-hydrogen) atoms. The Balaban J connectivity index is 2.46. The highest BCUT2D eigenvalue weighted by molar-refractivity contribution is 6.30. The Hall–Kier alpha value is -1.56. The summed E-state index contributed by atoms with van der Waals surface area (Å²) in [5.74, 6) is 1.38. The Labute approximate surface area is 130 Å². The molecule has 0 saturated carbocycles. The van der Waals surface area contributed by atoms with Crippen LogP contribution in [-0.2, 0) is 11.2 Å². The number of carbonyl (C=O) groups is 1. The van der Waals surface area contributed by atoms with Gasteiger partial charge < -0.3 is 15.4 Å². The van der Waals surface area contributed by atoms with Crippen LogP contribution in [0.3, 0.4) is 0 Å². The number of halogens is 1. The summed E-state index contributed by atoms with van der Waals surface area (Å²) in [5.41, 5.74) is 0.302. The lowest BCUT2D eigenvalue weighted by Crippen LogP contribution is -2.35. The molecule has 1 amide bonds. The summed E-state index contributed by atoms with van der Waals surface area (Å²) in [6, 6.07) is 0. The van der Waals surface area contributed by atoms with Gasteiger partial charge in [-0.3, -0.25) is 0 Å². The van der Waals surface area contributed by atoms with E-state index in [1.807, 2.05) is 34.6 Å². The summed E-state index contributed by atoms with van der Waals surface area (Å²) in [7, 11) is 0. The Morgan fingerprint density at radius 2 is 1.95 bits per heavy atom. The van der Waals surface area contributed by atoms with Gasteiger partial charge in [-0.05, 0) is 27.7 Å². The summed E-state index contributed by atoms with van der Waals surface area (Å²) < 4.78 is 5.14. The molecule has 7 heteroatoms. The van der Waals surface area contributed by atoms with Gasteiger partial charge in [-0.2, -0.15) is 0 Å². The van der Waals surface area contributed by atoms with Crippen molar-refractivity contribution in [1.82, 2.24) is 15.3 Å². The number of carbonyl (C=O) groups excluding carboxylic acids is 1. The largest absolute Gasteiger partial charge is 0.444 e. The molecule has 1 heterocycles. The topological polar surface area (TPSA) is 76.1 Å². The van der Waals surface area contributed by atoms with Crippen LogP contribution in [0.25, 0.3) is 0 Å². The molecule has 0 spiro atoms. The molecule has 2 N–H and O–H groups in total. The Morgan fingerprint density at radius 3 is 2.52 bits per heavy atom. The molecule has 118 valence electrons. The van der Waals surface area contributed by atoms with Crippen molar-refractivity contribution in [2.75, 3.05) is 18.4 Å². The van der Waals surface area contributed by atoms with Gasteiger partial charge in [0, 0.05) is 25.1 Å². The van der Waals surface area contributed by atoms with Gasteiger partial charge in [0.15, 0.2) is 0 Å². The third kappa shape index (κ3) is 6.16. The van der Waals surface area contributed by atoms with Crippen LogP contribution >= 0.6 is 11.6 Å².